The van der Waals surface area contributed by atoms with Crippen molar-refractivity contribution < 1.29 is 63.2 Å². The molecular weight excluding hydrogens is 692 g/mol. The maximum atomic E-state index is 14.2. The Labute approximate surface area is 316 Å². The molecule has 3 rings (SSSR count). The van der Waals surface area contributed by atoms with E-state index in [1.54, 1.807) is 34.6 Å². The van der Waals surface area contributed by atoms with Gasteiger partial charge in [0.05, 0.1) is 53.6 Å². The number of aliphatic hydroxyl groups is 4. The molecule has 0 aromatic carbocycles. The zero-order chi connectivity index (χ0) is 40.4. The summed E-state index contributed by atoms with van der Waals surface area (Å²) in [5, 5.41) is 48.4. The Bertz CT molecular complexity index is 1210. The van der Waals surface area contributed by atoms with E-state index >= 15 is 0 Å². The van der Waals surface area contributed by atoms with Crippen molar-refractivity contribution in [1.29, 1.82) is 0 Å². The first kappa shape index (κ1) is 45.9. The van der Waals surface area contributed by atoms with Gasteiger partial charge in [0.1, 0.15) is 23.9 Å². The maximum Gasteiger partial charge on any atom is 0.311 e. The third-order valence-electron chi connectivity index (χ3n) is 12.1. The van der Waals surface area contributed by atoms with Crippen LogP contribution in [0, 0.1) is 17.8 Å². The van der Waals surface area contributed by atoms with Crippen LogP contribution in [-0.4, -0.2) is 156 Å². The van der Waals surface area contributed by atoms with Crippen LogP contribution in [0.4, 0.5) is 0 Å². The summed E-state index contributed by atoms with van der Waals surface area (Å²) in [4.78, 5) is 29.7. The molecule has 0 bridgehead atoms. The number of cyclic esters (lactones) is 1. The van der Waals surface area contributed by atoms with Crippen LogP contribution in [0.1, 0.15) is 94.9 Å². The summed E-state index contributed by atoms with van der Waals surface area (Å²) in [6.45, 7) is 17.1. The molecule has 15 nitrogen and oxygen atoms in total. The predicted octanol–water partition coefficient (Wildman–Crippen LogP) is 1.74. The molecule has 3 aliphatic rings. The first-order valence-corrected chi connectivity index (χ1v) is 19.1. The van der Waals surface area contributed by atoms with E-state index in [1.165, 1.54) is 28.1 Å². The minimum atomic E-state index is -1.99. The number of amides is 1. The number of rotatable bonds is 8. The van der Waals surface area contributed by atoms with Crippen LogP contribution in [0.15, 0.2) is 0 Å². The molecule has 0 saturated carbocycles. The minimum absolute atomic E-state index is 0.124. The van der Waals surface area contributed by atoms with Crippen LogP contribution in [-0.2, 0) is 42.7 Å². The number of nitrogens with one attached hydrogen (secondary N) is 1. The average molecular weight is 763 g/mol. The molecule has 0 spiro atoms. The van der Waals surface area contributed by atoms with Crippen molar-refractivity contribution in [3.8, 4) is 0 Å². The van der Waals surface area contributed by atoms with Gasteiger partial charge in [-0.15, -0.1) is 0 Å². The quantitative estimate of drug-likeness (QED) is 0.225. The molecule has 0 aliphatic carbocycles. The molecule has 5 N–H and O–H groups in total. The highest BCUT2D eigenvalue weighted by Gasteiger charge is 2.53. The fraction of sp³-hybridized carbons (Fsp3) is 0.947. The molecule has 1 amide bonds. The summed E-state index contributed by atoms with van der Waals surface area (Å²) in [6, 6.07) is -0.819. The lowest BCUT2D eigenvalue weighted by Crippen LogP contribution is -2.61. The molecule has 310 valence electrons. The zero-order valence-electron chi connectivity index (χ0n) is 34.4. The van der Waals surface area contributed by atoms with E-state index in [9.17, 15) is 30.0 Å². The van der Waals surface area contributed by atoms with Crippen LogP contribution >= 0.6 is 0 Å². The number of aliphatic hydroxyl groups excluding tert-OH is 3. The van der Waals surface area contributed by atoms with E-state index in [4.69, 9.17) is 33.2 Å². The number of likely N-dealkylation sites (N-methyl/N-ethyl adjacent to an activating group) is 1. The monoisotopic (exact) mass is 762 g/mol. The molecule has 3 saturated heterocycles. The van der Waals surface area contributed by atoms with Crippen molar-refractivity contribution in [3.05, 3.63) is 0 Å². The summed E-state index contributed by atoms with van der Waals surface area (Å²) in [5.41, 5.74) is -4.23. The summed E-state index contributed by atoms with van der Waals surface area (Å²) >= 11 is 0. The average Bonchev–Trinajstić information content (AvgIpc) is 3.09. The van der Waals surface area contributed by atoms with Gasteiger partial charge in [0.2, 0.25) is 5.91 Å². The number of esters is 1. The molecule has 3 heterocycles. The highest BCUT2D eigenvalue weighted by Crippen LogP contribution is 2.40. The van der Waals surface area contributed by atoms with Crippen LogP contribution in [0.3, 0.4) is 0 Å². The van der Waals surface area contributed by atoms with Gasteiger partial charge in [-0.1, -0.05) is 20.8 Å². The van der Waals surface area contributed by atoms with Crippen molar-refractivity contribution >= 4 is 11.9 Å². The predicted molar refractivity (Wildman–Crippen MR) is 194 cm³/mol. The van der Waals surface area contributed by atoms with E-state index in [1.807, 2.05) is 39.8 Å². The van der Waals surface area contributed by atoms with E-state index in [0.29, 0.717) is 6.42 Å². The van der Waals surface area contributed by atoms with Crippen molar-refractivity contribution in [1.82, 2.24) is 10.2 Å². The molecule has 15 heteroatoms. The van der Waals surface area contributed by atoms with Gasteiger partial charge in [0.15, 0.2) is 12.6 Å². The zero-order valence-corrected chi connectivity index (χ0v) is 34.4. The summed E-state index contributed by atoms with van der Waals surface area (Å²) in [6.07, 6.45) is -8.72. The van der Waals surface area contributed by atoms with E-state index in [2.05, 4.69) is 5.32 Å². The smallest absolute Gasteiger partial charge is 0.311 e. The second-order valence-electron chi connectivity index (χ2n) is 16.7. The number of methoxy groups -OCH3 is 2. The Morgan fingerprint density at radius 3 is 2.02 bits per heavy atom. The van der Waals surface area contributed by atoms with Gasteiger partial charge in [-0.05, 0) is 81.8 Å². The molecule has 0 radical (unpaired) electrons. The topological polar surface area (TPSA) is 195 Å². The SMILES string of the molecule is CC[C@H]1OC(=O)[C@H](C)[C@@H](O[C@H]2C[C@@](C)(OC)[C@@H](O)[C@H](C)O2)[C@H](C)[C@@H](O[C@@H]2O[C@H](C)C[C@H](N(C)C)[C@H]2O)[C@](C)(OC)C[C@@H](C)NC(=O)[C@H](C)[C@@H](O)[C@@]1(C)O. The number of ether oxygens (including phenoxy) is 7. The lowest BCUT2D eigenvalue weighted by Gasteiger charge is -2.49. The van der Waals surface area contributed by atoms with Gasteiger partial charge in [-0.2, -0.15) is 0 Å². The Morgan fingerprint density at radius 2 is 1.47 bits per heavy atom. The van der Waals surface area contributed by atoms with E-state index in [0.717, 1.165) is 0 Å². The molecule has 0 aromatic rings. The highest BCUT2D eigenvalue weighted by molar-refractivity contribution is 5.79. The number of carbonyl (C=O) groups excluding carboxylic acids is 2. The van der Waals surface area contributed by atoms with Crippen molar-refractivity contribution in [2.45, 2.75) is 185 Å². The maximum absolute atomic E-state index is 14.2. The van der Waals surface area contributed by atoms with Crippen LogP contribution < -0.4 is 5.32 Å². The van der Waals surface area contributed by atoms with Crippen molar-refractivity contribution in [3.63, 3.8) is 0 Å². The van der Waals surface area contributed by atoms with Gasteiger partial charge in [0.25, 0.3) is 0 Å². The van der Waals surface area contributed by atoms with E-state index in [-0.39, 0.29) is 31.4 Å². The van der Waals surface area contributed by atoms with Gasteiger partial charge in [0, 0.05) is 38.6 Å². The van der Waals surface area contributed by atoms with Gasteiger partial charge < -0.3 is 63.8 Å². The summed E-state index contributed by atoms with van der Waals surface area (Å²) in [5.74, 6) is -4.06. The number of nitrogens with zero attached hydrogens (tertiary/aromatic N) is 1. The Kier molecular flexibility index (Phi) is 15.7. The van der Waals surface area contributed by atoms with Gasteiger partial charge >= 0.3 is 5.97 Å². The Morgan fingerprint density at radius 1 is 0.868 bits per heavy atom. The standard InChI is InChI=1S/C38H70N2O13/c1-15-26-38(10,46)30(42)23(6)33(44)39-19(2)17-37(9,48-14)32(53-35-28(41)25(40(11)12)16-20(3)49-35)21(4)29(22(5)34(45)51-26)52-27-18-36(8,47-13)31(43)24(7)50-27/h19-32,35,41-43,46H,15-18H2,1-14H3,(H,39,44)/t19-,20-,21+,22-,23-,24+,25+,26-,27+,28-,29+,30-,31+,32-,35+,36-,37-,38+/m1/s1. The normalized spacial score (nSPS) is 48.4. The molecule has 53 heavy (non-hydrogen) atoms. The number of carbonyl (C=O) groups is 2. The highest BCUT2D eigenvalue weighted by atomic mass is 16.7. The second-order valence-corrected chi connectivity index (χ2v) is 16.7. The van der Waals surface area contributed by atoms with Crippen LogP contribution in [0.25, 0.3) is 0 Å². The number of hydrogen-bond acceptors (Lipinski definition) is 14. The van der Waals surface area contributed by atoms with Crippen LogP contribution in [0.5, 0.6) is 0 Å². The van der Waals surface area contributed by atoms with Crippen LogP contribution in [0.2, 0.25) is 0 Å². The molecule has 3 fully saturated rings. The lowest BCUT2D eigenvalue weighted by molar-refractivity contribution is -0.319. The minimum Gasteiger partial charge on any atom is -0.459 e. The molecule has 18 atom stereocenters. The fourth-order valence-electron chi connectivity index (χ4n) is 8.45. The molecule has 3 aliphatic heterocycles. The Hall–Kier alpha value is -1.50. The largest absolute Gasteiger partial charge is 0.459 e. The summed E-state index contributed by atoms with van der Waals surface area (Å²) < 4.78 is 43.9. The van der Waals surface area contributed by atoms with Crippen molar-refractivity contribution in [2.75, 3.05) is 28.3 Å². The molecule has 0 unspecified atom stereocenters. The van der Waals surface area contributed by atoms with Crippen molar-refractivity contribution in [2.24, 2.45) is 17.8 Å². The third kappa shape index (κ3) is 10.1. The van der Waals surface area contributed by atoms with E-state index < -0.39 is 108 Å². The fourth-order valence-corrected chi connectivity index (χ4v) is 8.45. The van der Waals surface area contributed by atoms with Gasteiger partial charge in [-0.3, -0.25) is 9.59 Å². The first-order valence-electron chi connectivity index (χ1n) is 19.1. The second kappa shape index (κ2) is 18.2. The first-order chi connectivity index (χ1) is 24.5. The third-order valence-corrected chi connectivity index (χ3v) is 12.1. The Balaban J connectivity index is 2.22. The molecule has 0 aromatic heterocycles. The number of hydrogen-bond donors (Lipinski definition) is 5. The molecular formula is C38H70N2O13. The lowest BCUT2D eigenvalue weighted by atomic mass is 9.78. The summed E-state index contributed by atoms with van der Waals surface area (Å²) in [7, 11) is 6.79. The van der Waals surface area contributed by atoms with Gasteiger partial charge in [-0.25, -0.2) is 0 Å².